The molecule has 2 saturated heterocycles. The van der Waals surface area contributed by atoms with E-state index in [9.17, 15) is 14.4 Å². The fraction of sp³-hybridized carbons (Fsp3) is 0.548. The standard InChI is InChI=1S/C31H40N10O5/c1-4-5-15-45-31(44)46-41-13-11-39(12-14-41)30(43)26(19(2)3)34-29(42)23-16-24(33-27(32-23)20-9-7-6-8-10-20)40-17-21-22(18-40)25(21)28-35-37-38-36-28/h6-10,16,19,21-22,25-26H,4-5,11-15,17-18H2,1-3H3,(H,34,42)(H,35,36,37,38)/t21-,22+,25-,26-/m0/s1. The third-order valence-corrected chi connectivity index (χ3v) is 8.86. The van der Waals surface area contributed by atoms with Gasteiger partial charge in [0.05, 0.1) is 19.7 Å². The highest BCUT2D eigenvalue weighted by Crippen LogP contribution is 2.57. The minimum Gasteiger partial charge on any atom is -0.433 e. The molecule has 244 valence electrons. The molecule has 1 aliphatic carbocycles. The minimum atomic E-state index is -0.770. The van der Waals surface area contributed by atoms with Crippen LogP contribution in [0.15, 0.2) is 36.4 Å². The normalized spacial score (nSPS) is 21.5. The van der Waals surface area contributed by atoms with Crippen molar-refractivity contribution in [3.05, 3.63) is 47.9 Å². The Morgan fingerprint density at radius 2 is 1.78 bits per heavy atom. The van der Waals surface area contributed by atoms with Crippen LogP contribution in [0.3, 0.4) is 0 Å². The summed E-state index contributed by atoms with van der Waals surface area (Å²) in [5, 5.41) is 18.9. The Morgan fingerprint density at radius 1 is 1.04 bits per heavy atom. The summed E-state index contributed by atoms with van der Waals surface area (Å²) in [7, 11) is 0. The van der Waals surface area contributed by atoms with Crippen molar-refractivity contribution in [2.45, 2.75) is 45.6 Å². The van der Waals surface area contributed by atoms with Crippen LogP contribution in [0.4, 0.5) is 10.6 Å². The molecule has 3 aliphatic rings. The Hall–Kier alpha value is -4.66. The lowest BCUT2D eigenvalue weighted by Crippen LogP contribution is -2.56. The summed E-state index contributed by atoms with van der Waals surface area (Å²) in [6, 6.07) is 10.5. The fourth-order valence-corrected chi connectivity index (χ4v) is 6.21. The summed E-state index contributed by atoms with van der Waals surface area (Å²) in [5.74, 6) is 2.21. The van der Waals surface area contributed by atoms with Crippen LogP contribution in [-0.4, -0.2) is 110 Å². The second-order valence-corrected chi connectivity index (χ2v) is 12.3. The van der Waals surface area contributed by atoms with Crippen LogP contribution >= 0.6 is 0 Å². The van der Waals surface area contributed by atoms with Crippen molar-refractivity contribution in [2.75, 3.05) is 50.8 Å². The van der Waals surface area contributed by atoms with Gasteiger partial charge in [-0.25, -0.2) is 19.9 Å². The maximum atomic E-state index is 13.8. The number of carbonyl (C=O) groups is 3. The molecule has 3 fully saturated rings. The molecule has 2 N–H and O–H groups in total. The topological polar surface area (TPSA) is 172 Å². The third-order valence-electron chi connectivity index (χ3n) is 8.86. The predicted molar refractivity (Wildman–Crippen MR) is 165 cm³/mol. The molecule has 2 aliphatic heterocycles. The molecular weight excluding hydrogens is 592 g/mol. The quantitative estimate of drug-likeness (QED) is 0.234. The molecule has 3 aromatic rings. The van der Waals surface area contributed by atoms with Crippen molar-refractivity contribution >= 4 is 23.8 Å². The largest absolute Gasteiger partial charge is 0.527 e. The first kappa shape index (κ1) is 31.3. The molecule has 0 unspecified atom stereocenters. The van der Waals surface area contributed by atoms with Crippen LogP contribution in [0.2, 0.25) is 0 Å². The Morgan fingerprint density at radius 3 is 2.43 bits per heavy atom. The zero-order chi connectivity index (χ0) is 32.2. The Bertz CT molecular complexity index is 1500. The van der Waals surface area contributed by atoms with Crippen LogP contribution < -0.4 is 10.2 Å². The molecule has 2 aromatic heterocycles. The Balaban J connectivity index is 1.12. The summed E-state index contributed by atoms with van der Waals surface area (Å²) < 4.78 is 5.07. The molecule has 4 heterocycles. The van der Waals surface area contributed by atoms with Crippen LogP contribution in [0.1, 0.15) is 55.8 Å². The molecule has 15 nitrogen and oxygen atoms in total. The lowest BCUT2D eigenvalue weighted by molar-refractivity contribution is -0.158. The van der Waals surface area contributed by atoms with Gasteiger partial charge in [-0.1, -0.05) is 57.5 Å². The van der Waals surface area contributed by atoms with Crippen LogP contribution in [0, 0.1) is 17.8 Å². The van der Waals surface area contributed by atoms with E-state index in [1.165, 1.54) is 5.06 Å². The van der Waals surface area contributed by atoms with Gasteiger partial charge in [-0.05, 0) is 34.6 Å². The van der Waals surface area contributed by atoms with E-state index in [1.54, 1.807) is 11.0 Å². The number of hydrogen-bond donors (Lipinski definition) is 2. The fourth-order valence-electron chi connectivity index (χ4n) is 6.21. The highest BCUT2D eigenvalue weighted by Gasteiger charge is 2.58. The number of carbonyl (C=O) groups excluding carboxylic acids is 3. The number of piperidine rings is 1. The lowest BCUT2D eigenvalue weighted by atomic mass is 10.0. The molecule has 6 rings (SSSR count). The van der Waals surface area contributed by atoms with Crippen molar-refractivity contribution in [3.63, 3.8) is 0 Å². The Labute approximate surface area is 267 Å². The van der Waals surface area contributed by atoms with Gasteiger partial charge in [0, 0.05) is 43.7 Å². The number of aromatic nitrogens is 6. The highest BCUT2D eigenvalue weighted by molar-refractivity contribution is 5.97. The van der Waals surface area contributed by atoms with Gasteiger partial charge in [0.2, 0.25) is 5.91 Å². The van der Waals surface area contributed by atoms with Gasteiger partial charge in [-0.15, -0.1) is 10.2 Å². The number of aromatic amines is 1. The van der Waals surface area contributed by atoms with E-state index in [-0.39, 0.29) is 17.5 Å². The first-order valence-electron chi connectivity index (χ1n) is 15.9. The van der Waals surface area contributed by atoms with E-state index < -0.39 is 18.1 Å². The highest BCUT2D eigenvalue weighted by atomic mass is 16.8. The van der Waals surface area contributed by atoms with Gasteiger partial charge in [0.25, 0.3) is 5.91 Å². The molecular formula is C31H40N10O5. The van der Waals surface area contributed by atoms with E-state index in [0.29, 0.717) is 62.2 Å². The zero-order valence-corrected chi connectivity index (χ0v) is 26.3. The number of unbranched alkanes of at least 4 members (excludes halogenated alkanes) is 1. The number of piperazine rings is 1. The molecule has 0 radical (unpaired) electrons. The van der Waals surface area contributed by atoms with Gasteiger partial charge >= 0.3 is 6.16 Å². The average Bonchev–Trinajstić information content (AvgIpc) is 3.41. The molecule has 4 atom stereocenters. The molecule has 1 saturated carbocycles. The number of nitrogens with zero attached hydrogens (tertiary/aromatic N) is 8. The molecule has 15 heteroatoms. The predicted octanol–water partition coefficient (Wildman–Crippen LogP) is 2.27. The SMILES string of the molecule is CCCCOC(=O)ON1CCN(C(=O)[C@@H](NC(=O)c2cc(N3C[C@@H]4[C@H](C3)[C@@H]4c3nnn[nH]3)nc(-c3ccccc3)n2)C(C)C)CC1. The van der Waals surface area contributed by atoms with Crippen molar-refractivity contribution < 1.29 is 24.0 Å². The van der Waals surface area contributed by atoms with Crippen molar-refractivity contribution in [3.8, 4) is 11.4 Å². The van der Waals surface area contributed by atoms with Gasteiger partial charge in [0.15, 0.2) is 11.6 Å². The summed E-state index contributed by atoms with van der Waals surface area (Å²) in [5.41, 5.74) is 0.984. The molecule has 2 amide bonds. The van der Waals surface area contributed by atoms with E-state index in [4.69, 9.17) is 14.6 Å². The smallest absolute Gasteiger partial charge is 0.433 e. The first-order valence-corrected chi connectivity index (χ1v) is 15.9. The number of nitrogens with one attached hydrogen (secondary N) is 2. The monoisotopic (exact) mass is 632 g/mol. The molecule has 46 heavy (non-hydrogen) atoms. The van der Waals surface area contributed by atoms with E-state index in [2.05, 4.69) is 35.8 Å². The lowest BCUT2D eigenvalue weighted by Gasteiger charge is -2.35. The number of ether oxygens (including phenoxy) is 1. The second kappa shape index (κ2) is 13.8. The Kier molecular flexibility index (Phi) is 9.38. The number of anilines is 1. The molecule has 0 spiro atoms. The third kappa shape index (κ3) is 6.93. The van der Waals surface area contributed by atoms with Gasteiger partial charge in [-0.2, -0.15) is 0 Å². The summed E-state index contributed by atoms with van der Waals surface area (Å²) in [4.78, 5) is 57.9. The number of benzene rings is 1. The zero-order valence-electron chi connectivity index (χ0n) is 26.3. The van der Waals surface area contributed by atoms with Crippen LogP contribution in [-0.2, 0) is 14.4 Å². The second-order valence-electron chi connectivity index (χ2n) is 12.3. The maximum absolute atomic E-state index is 13.8. The van der Waals surface area contributed by atoms with Crippen LogP contribution in [0.25, 0.3) is 11.4 Å². The van der Waals surface area contributed by atoms with Gasteiger partial charge < -0.3 is 24.7 Å². The number of hydroxylamine groups is 2. The number of fused-ring (bicyclic) bond motifs is 1. The van der Waals surface area contributed by atoms with Crippen LogP contribution in [0.5, 0.6) is 0 Å². The minimum absolute atomic E-state index is 0.178. The van der Waals surface area contributed by atoms with Gasteiger partial charge in [-0.3, -0.25) is 9.59 Å². The van der Waals surface area contributed by atoms with E-state index >= 15 is 0 Å². The average molecular weight is 633 g/mol. The summed E-state index contributed by atoms with van der Waals surface area (Å²) in [6.07, 6.45) is 0.946. The number of H-pyrrole nitrogens is 1. The van der Waals surface area contributed by atoms with Gasteiger partial charge in [0.1, 0.15) is 17.6 Å². The maximum Gasteiger partial charge on any atom is 0.527 e. The van der Waals surface area contributed by atoms with Crippen molar-refractivity contribution in [2.24, 2.45) is 17.8 Å². The molecule has 0 bridgehead atoms. The van der Waals surface area contributed by atoms with Crippen molar-refractivity contribution in [1.82, 2.24) is 45.9 Å². The number of tetrazole rings is 1. The number of hydrogen-bond acceptors (Lipinski definition) is 12. The number of amides is 2. The first-order chi connectivity index (χ1) is 22.3. The van der Waals surface area contributed by atoms with Crippen molar-refractivity contribution in [1.29, 1.82) is 0 Å². The summed E-state index contributed by atoms with van der Waals surface area (Å²) >= 11 is 0. The van der Waals surface area contributed by atoms with E-state index in [1.807, 2.05) is 51.1 Å². The van der Waals surface area contributed by atoms with E-state index in [0.717, 1.165) is 37.3 Å². The number of rotatable bonds is 11. The summed E-state index contributed by atoms with van der Waals surface area (Å²) in [6.45, 7) is 9.02. The molecule has 1 aromatic carbocycles.